The number of hydrogen-bond donors (Lipinski definition) is 1. The van der Waals surface area contributed by atoms with E-state index >= 15 is 0 Å². The highest BCUT2D eigenvalue weighted by atomic mass is 35.5. The van der Waals surface area contributed by atoms with Crippen LogP contribution in [0, 0.1) is 0 Å². The van der Waals surface area contributed by atoms with Crippen molar-refractivity contribution in [2.24, 2.45) is 0 Å². The van der Waals surface area contributed by atoms with Gasteiger partial charge in [-0.1, -0.05) is 35.3 Å². The zero-order chi connectivity index (χ0) is 26.9. The van der Waals surface area contributed by atoms with E-state index in [0.717, 1.165) is 16.5 Å². The zero-order valence-electron chi connectivity index (χ0n) is 18.9. The number of ether oxygens (including phenoxy) is 1. The molecule has 194 valence electrons. The van der Waals surface area contributed by atoms with Crippen LogP contribution in [-0.2, 0) is 17.8 Å². The maximum atomic E-state index is 13.1. The van der Waals surface area contributed by atoms with Crippen LogP contribution < -0.4 is 5.69 Å². The first-order valence-electron chi connectivity index (χ1n) is 10.5. The molecular formula is C22H17Cl2F3N6O4. The number of carbonyl (C=O) groups excluding carboxylic acids is 1. The summed E-state index contributed by atoms with van der Waals surface area (Å²) >= 11 is 12.1. The quantitative estimate of drug-likeness (QED) is 0.347. The molecule has 1 atom stereocenters. The molecule has 0 aliphatic rings. The van der Waals surface area contributed by atoms with Gasteiger partial charge in [0, 0.05) is 10.6 Å². The van der Waals surface area contributed by atoms with Gasteiger partial charge < -0.3 is 9.84 Å². The Morgan fingerprint density at radius 3 is 2.41 bits per heavy atom. The van der Waals surface area contributed by atoms with Gasteiger partial charge in [-0.3, -0.25) is 4.57 Å². The van der Waals surface area contributed by atoms with Crippen LogP contribution in [0.15, 0.2) is 53.3 Å². The number of esters is 1. The molecule has 10 nitrogen and oxygen atoms in total. The fourth-order valence-electron chi connectivity index (χ4n) is 3.37. The molecule has 0 fully saturated rings. The van der Waals surface area contributed by atoms with Gasteiger partial charge in [0.25, 0.3) is 0 Å². The van der Waals surface area contributed by atoms with Gasteiger partial charge in [-0.25, -0.2) is 23.9 Å². The lowest BCUT2D eigenvalue weighted by molar-refractivity contribution is -0.207. The Morgan fingerprint density at radius 2 is 1.78 bits per heavy atom. The molecule has 4 rings (SSSR count). The maximum absolute atomic E-state index is 13.1. The number of rotatable bonds is 7. The van der Waals surface area contributed by atoms with E-state index in [9.17, 15) is 27.9 Å². The first-order chi connectivity index (χ1) is 17.5. The molecule has 0 amide bonds. The topological polar surface area (TPSA) is 117 Å². The molecule has 2 heterocycles. The van der Waals surface area contributed by atoms with E-state index in [4.69, 9.17) is 27.9 Å². The Hall–Kier alpha value is -3.68. The van der Waals surface area contributed by atoms with Crippen LogP contribution in [0.5, 0.6) is 0 Å². The van der Waals surface area contributed by atoms with Crippen LogP contribution >= 0.6 is 23.2 Å². The van der Waals surface area contributed by atoms with Crippen LogP contribution in [0.25, 0.3) is 17.1 Å². The molecule has 4 aromatic rings. The number of nitrogens with zero attached hydrogens (tertiary/aromatic N) is 6. The fraction of sp³-hybridized carbons (Fsp3) is 0.227. The summed E-state index contributed by atoms with van der Waals surface area (Å²) in [5.74, 6) is -1.31. The third-order valence-electron chi connectivity index (χ3n) is 5.15. The summed E-state index contributed by atoms with van der Waals surface area (Å²) in [5, 5.41) is 18.6. The molecule has 2 aromatic carbocycles. The van der Waals surface area contributed by atoms with Gasteiger partial charge in [-0.05, 0) is 36.4 Å². The molecule has 2 aromatic heterocycles. The van der Waals surface area contributed by atoms with Crippen molar-refractivity contribution in [1.29, 1.82) is 0 Å². The zero-order valence-corrected chi connectivity index (χ0v) is 20.4. The number of benzene rings is 2. The van der Waals surface area contributed by atoms with E-state index in [-0.39, 0.29) is 28.1 Å². The van der Waals surface area contributed by atoms with E-state index in [1.165, 1.54) is 24.3 Å². The Balaban J connectivity index is 1.79. The van der Waals surface area contributed by atoms with E-state index in [2.05, 4.69) is 15.2 Å². The number of carbonyl (C=O) groups is 1. The second-order valence-electron chi connectivity index (χ2n) is 7.65. The third kappa shape index (κ3) is 5.53. The molecule has 0 aliphatic carbocycles. The van der Waals surface area contributed by atoms with Crippen molar-refractivity contribution >= 4 is 29.2 Å². The van der Waals surface area contributed by atoms with Crippen LogP contribution in [-0.4, -0.2) is 59.6 Å². The van der Waals surface area contributed by atoms with E-state index < -0.39 is 37.0 Å². The SMILES string of the molecule is COC(=O)c1nc(Cn2nc(-c3ccc(Cl)cc3)n(C[C@@H](O)C(F)(F)F)c2=O)nn1-c1ccccc1Cl. The van der Waals surface area contributed by atoms with Gasteiger partial charge >= 0.3 is 17.8 Å². The number of alkyl halides is 3. The van der Waals surface area contributed by atoms with Crippen molar-refractivity contribution < 1.29 is 27.8 Å². The predicted molar refractivity (Wildman–Crippen MR) is 126 cm³/mol. The average Bonchev–Trinajstić information content (AvgIpc) is 3.40. The Morgan fingerprint density at radius 1 is 1.11 bits per heavy atom. The van der Waals surface area contributed by atoms with E-state index in [1.807, 2.05) is 0 Å². The highest BCUT2D eigenvalue weighted by Crippen LogP contribution is 2.25. The molecule has 0 aliphatic heterocycles. The minimum absolute atomic E-state index is 0.0777. The van der Waals surface area contributed by atoms with E-state index in [0.29, 0.717) is 15.3 Å². The van der Waals surface area contributed by atoms with Gasteiger partial charge in [0.2, 0.25) is 5.82 Å². The largest absolute Gasteiger partial charge is 0.463 e. The molecule has 0 saturated carbocycles. The number of aromatic nitrogens is 6. The Labute approximate surface area is 216 Å². The number of aliphatic hydroxyl groups excluding tert-OH is 1. The van der Waals surface area contributed by atoms with Crippen LogP contribution in [0.1, 0.15) is 16.4 Å². The van der Waals surface area contributed by atoms with Crippen molar-refractivity contribution in [2.75, 3.05) is 7.11 Å². The van der Waals surface area contributed by atoms with Crippen molar-refractivity contribution in [1.82, 2.24) is 29.1 Å². The van der Waals surface area contributed by atoms with Gasteiger partial charge in [0.1, 0.15) is 6.54 Å². The molecule has 0 spiro atoms. The molecule has 0 radical (unpaired) electrons. The van der Waals surface area contributed by atoms with Gasteiger partial charge in [-0.2, -0.15) is 13.2 Å². The minimum atomic E-state index is -4.97. The van der Waals surface area contributed by atoms with Crippen molar-refractivity contribution in [2.45, 2.75) is 25.4 Å². The number of para-hydroxylation sites is 1. The molecule has 1 N–H and O–H groups in total. The summed E-state index contributed by atoms with van der Waals surface area (Å²) in [5.41, 5.74) is -0.391. The molecule has 0 bridgehead atoms. The lowest BCUT2D eigenvalue weighted by atomic mass is 10.2. The number of methoxy groups -OCH3 is 1. The highest BCUT2D eigenvalue weighted by Gasteiger charge is 2.39. The van der Waals surface area contributed by atoms with E-state index in [1.54, 1.807) is 24.3 Å². The monoisotopic (exact) mass is 556 g/mol. The van der Waals surface area contributed by atoms with Crippen LogP contribution in [0.2, 0.25) is 10.0 Å². The van der Waals surface area contributed by atoms with Crippen molar-refractivity contribution in [3.05, 3.63) is 80.7 Å². The molecule has 15 heteroatoms. The number of aliphatic hydroxyl groups is 1. The smallest absolute Gasteiger partial charge is 0.416 e. The van der Waals surface area contributed by atoms with Crippen molar-refractivity contribution in [3.63, 3.8) is 0 Å². The molecule has 0 saturated heterocycles. The summed E-state index contributed by atoms with van der Waals surface area (Å²) in [6, 6.07) is 12.3. The summed E-state index contributed by atoms with van der Waals surface area (Å²) in [4.78, 5) is 29.5. The summed E-state index contributed by atoms with van der Waals surface area (Å²) in [7, 11) is 1.14. The third-order valence-corrected chi connectivity index (χ3v) is 5.72. The first kappa shape index (κ1) is 26.4. The highest BCUT2D eigenvalue weighted by molar-refractivity contribution is 6.32. The number of hydrogen-bond acceptors (Lipinski definition) is 7. The van der Waals surface area contributed by atoms with Crippen LogP contribution in [0.4, 0.5) is 13.2 Å². The molecule has 37 heavy (non-hydrogen) atoms. The normalized spacial score (nSPS) is 12.5. The lowest BCUT2D eigenvalue weighted by Gasteiger charge is -2.15. The summed E-state index contributed by atoms with van der Waals surface area (Å²) in [6.07, 6.45) is -7.79. The summed E-state index contributed by atoms with van der Waals surface area (Å²) < 4.78 is 46.6. The van der Waals surface area contributed by atoms with Crippen molar-refractivity contribution in [3.8, 4) is 17.1 Å². The van der Waals surface area contributed by atoms with Gasteiger partial charge in [0.05, 0.1) is 24.4 Å². The average molecular weight is 557 g/mol. The van der Waals surface area contributed by atoms with Gasteiger partial charge in [0.15, 0.2) is 17.8 Å². The number of halogens is 5. The minimum Gasteiger partial charge on any atom is -0.463 e. The van der Waals surface area contributed by atoms with Crippen LogP contribution in [0.3, 0.4) is 0 Å². The fourth-order valence-corrected chi connectivity index (χ4v) is 3.71. The molecular weight excluding hydrogens is 540 g/mol. The standard InChI is InChI=1S/C22H17Cl2F3N6O4/c1-37-20(35)19-28-17(29-33(19)15-5-3-2-4-14(15)24)11-32-21(36)31(10-16(34)22(25,26)27)18(30-32)12-6-8-13(23)9-7-12/h2-9,16,34H,10-11H2,1H3/t16-/m1/s1. The van der Waals surface area contributed by atoms with Gasteiger partial charge in [-0.15, -0.1) is 10.2 Å². The lowest BCUT2D eigenvalue weighted by Crippen LogP contribution is -2.37. The second-order valence-corrected chi connectivity index (χ2v) is 8.49. The Kier molecular flexibility index (Phi) is 7.39. The predicted octanol–water partition coefficient (Wildman–Crippen LogP) is 3.36. The second kappa shape index (κ2) is 10.4. The maximum Gasteiger partial charge on any atom is 0.416 e. The summed E-state index contributed by atoms with van der Waals surface area (Å²) in [6.45, 7) is -1.52. The Bertz CT molecular complexity index is 1500. The molecule has 0 unspecified atom stereocenters. The first-order valence-corrected chi connectivity index (χ1v) is 11.2.